The van der Waals surface area contributed by atoms with Gasteiger partial charge >= 0.3 is 0 Å². The van der Waals surface area contributed by atoms with Gasteiger partial charge in [0, 0.05) is 31.1 Å². The van der Waals surface area contributed by atoms with Gasteiger partial charge in [0.25, 0.3) is 5.91 Å². The number of anilines is 1. The van der Waals surface area contributed by atoms with E-state index in [2.05, 4.69) is 11.9 Å². The molecule has 6 heteroatoms. The SMILES string of the molecule is CN1CCN(C(=O)CN2C(=O)/C(=C/c3ccccc3)Sc3ccccc32)CC1. The van der Waals surface area contributed by atoms with Crippen LogP contribution in [0.15, 0.2) is 64.4 Å². The second-order valence-corrected chi connectivity index (χ2v) is 8.15. The first-order valence-corrected chi connectivity index (χ1v) is 10.3. The number of fused-ring (bicyclic) bond motifs is 1. The van der Waals surface area contributed by atoms with Gasteiger partial charge in [-0.15, -0.1) is 0 Å². The number of para-hydroxylation sites is 1. The van der Waals surface area contributed by atoms with Crippen LogP contribution >= 0.6 is 11.8 Å². The molecular weight excluding hydrogens is 370 g/mol. The molecule has 2 aromatic carbocycles. The number of carbonyl (C=O) groups excluding carboxylic acids is 2. The van der Waals surface area contributed by atoms with Gasteiger partial charge in [-0.2, -0.15) is 0 Å². The van der Waals surface area contributed by atoms with E-state index in [4.69, 9.17) is 0 Å². The van der Waals surface area contributed by atoms with Crippen LogP contribution in [0.4, 0.5) is 5.69 Å². The summed E-state index contributed by atoms with van der Waals surface area (Å²) in [4.78, 5) is 33.4. The molecule has 28 heavy (non-hydrogen) atoms. The Morgan fingerprint density at radius 3 is 2.43 bits per heavy atom. The average molecular weight is 394 g/mol. The molecule has 2 aliphatic heterocycles. The van der Waals surface area contributed by atoms with Crippen LogP contribution in [0.25, 0.3) is 6.08 Å². The average Bonchev–Trinajstić information content (AvgIpc) is 2.72. The van der Waals surface area contributed by atoms with Crippen molar-refractivity contribution in [2.45, 2.75) is 4.90 Å². The number of likely N-dealkylation sites (N-methyl/N-ethyl adjacent to an activating group) is 1. The molecule has 4 rings (SSSR count). The molecule has 1 fully saturated rings. The van der Waals surface area contributed by atoms with Gasteiger partial charge in [0.2, 0.25) is 5.91 Å². The van der Waals surface area contributed by atoms with Crippen molar-refractivity contribution < 1.29 is 9.59 Å². The van der Waals surface area contributed by atoms with Gasteiger partial charge in [-0.25, -0.2) is 0 Å². The minimum Gasteiger partial charge on any atom is -0.339 e. The molecule has 0 unspecified atom stereocenters. The monoisotopic (exact) mass is 393 g/mol. The second kappa shape index (κ2) is 8.20. The maximum absolute atomic E-state index is 13.2. The highest BCUT2D eigenvalue weighted by molar-refractivity contribution is 8.04. The number of hydrogen-bond donors (Lipinski definition) is 0. The third-order valence-electron chi connectivity index (χ3n) is 5.08. The zero-order valence-electron chi connectivity index (χ0n) is 15.9. The summed E-state index contributed by atoms with van der Waals surface area (Å²) in [6, 6.07) is 17.6. The number of amides is 2. The summed E-state index contributed by atoms with van der Waals surface area (Å²) in [6.45, 7) is 3.23. The molecule has 2 aromatic rings. The Hall–Kier alpha value is -2.57. The Kier molecular flexibility index (Phi) is 5.50. The maximum atomic E-state index is 13.2. The van der Waals surface area contributed by atoms with Gasteiger partial charge in [-0.1, -0.05) is 54.2 Å². The van der Waals surface area contributed by atoms with Crippen LogP contribution in [-0.4, -0.2) is 61.4 Å². The van der Waals surface area contributed by atoms with Gasteiger partial charge in [0.15, 0.2) is 0 Å². The molecule has 0 aromatic heterocycles. The molecule has 0 aliphatic carbocycles. The van der Waals surface area contributed by atoms with Crippen LogP contribution in [0.1, 0.15) is 5.56 Å². The minimum absolute atomic E-state index is 0.00205. The Balaban J connectivity index is 1.60. The standard InChI is InChI=1S/C22H23N3O2S/c1-23-11-13-24(14-12-23)21(26)16-25-18-9-5-6-10-19(18)28-20(22(25)27)15-17-7-3-2-4-8-17/h2-10,15H,11-14,16H2,1H3/b20-15-. The summed E-state index contributed by atoms with van der Waals surface area (Å²) in [5.41, 5.74) is 1.79. The fourth-order valence-corrected chi connectivity index (χ4v) is 4.47. The molecule has 2 amide bonds. The van der Waals surface area contributed by atoms with E-state index >= 15 is 0 Å². The van der Waals surface area contributed by atoms with Crippen molar-refractivity contribution >= 4 is 35.3 Å². The van der Waals surface area contributed by atoms with E-state index in [-0.39, 0.29) is 18.4 Å². The number of thioether (sulfide) groups is 1. The summed E-state index contributed by atoms with van der Waals surface area (Å²) >= 11 is 1.46. The predicted octanol–water partition coefficient (Wildman–Crippen LogP) is 2.94. The van der Waals surface area contributed by atoms with Gasteiger partial charge < -0.3 is 9.80 Å². The zero-order chi connectivity index (χ0) is 19.5. The first kappa shape index (κ1) is 18.8. The second-order valence-electron chi connectivity index (χ2n) is 7.06. The first-order chi connectivity index (χ1) is 13.6. The van der Waals surface area contributed by atoms with Crippen LogP contribution in [0.3, 0.4) is 0 Å². The Labute approximate surface area is 169 Å². The topological polar surface area (TPSA) is 43.9 Å². The molecule has 2 heterocycles. The molecule has 0 atom stereocenters. The number of hydrogen-bond acceptors (Lipinski definition) is 4. The lowest BCUT2D eigenvalue weighted by molar-refractivity contribution is -0.132. The van der Waals surface area contributed by atoms with E-state index in [9.17, 15) is 9.59 Å². The first-order valence-electron chi connectivity index (χ1n) is 9.43. The molecule has 0 spiro atoms. The van der Waals surface area contributed by atoms with Crippen molar-refractivity contribution in [2.24, 2.45) is 0 Å². The highest BCUT2D eigenvalue weighted by Crippen LogP contribution is 2.41. The fourth-order valence-electron chi connectivity index (χ4n) is 3.41. The van der Waals surface area contributed by atoms with Gasteiger partial charge in [0.1, 0.15) is 6.54 Å². The highest BCUT2D eigenvalue weighted by Gasteiger charge is 2.32. The largest absolute Gasteiger partial charge is 0.339 e. The van der Waals surface area contributed by atoms with Crippen LogP contribution < -0.4 is 4.90 Å². The Morgan fingerprint density at radius 1 is 1.00 bits per heavy atom. The van der Waals surface area contributed by atoms with Crippen molar-refractivity contribution in [3.63, 3.8) is 0 Å². The zero-order valence-corrected chi connectivity index (χ0v) is 16.7. The number of nitrogens with zero attached hydrogens (tertiary/aromatic N) is 3. The Morgan fingerprint density at radius 2 is 1.68 bits per heavy atom. The van der Waals surface area contributed by atoms with Gasteiger partial charge in [0.05, 0.1) is 10.6 Å². The molecule has 2 aliphatic rings. The molecule has 0 radical (unpaired) electrons. The van der Waals surface area contributed by atoms with E-state index in [1.54, 1.807) is 4.90 Å². The normalized spacial score (nSPS) is 19.0. The van der Waals surface area contributed by atoms with Crippen molar-refractivity contribution in [2.75, 3.05) is 44.7 Å². The molecule has 0 bridgehead atoms. The third-order valence-corrected chi connectivity index (χ3v) is 6.16. The summed E-state index contributed by atoms with van der Waals surface area (Å²) in [7, 11) is 2.06. The number of piperazine rings is 1. The van der Waals surface area contributed by atoms with Crippen LogP contribution in [0.2, 0.25) is 0 Å². The predicted molar refractivity (Wildman–Crippen MR) is 113 cm³/mol. The number of carbonyl (C=O) groups is 2. The molecule has 1 saturated heterocycles. The van der Waals surface area contributed by atoms with Gasteiger partial charge in [-0.05, 0) is 30.8 Å². The van der Waals surface area contributed by atoms with E-state index in [0.717, 1.165) is 29.2 Å². The van der Waals surface area contributed by atoms with Crippen molar-refractivity contribution in [1.82, 2.24) is 9.80 Å². The van der Waals surface area contributed by atoms with E-state index < -0.39 is 0 Å². The van der Waals surface area contributed by atoms with Crippen LogP contribution in [0.5, 0.6) is 0 Å². The fraction of sp³-hybridized carbons (Fsp3) is 0.273. The quantitative estimate of drug-likeness (QED) is 0.752. The van der Waals surface area contributed by atoms with Crippen LogP contribution in [-0.2, 0) is 9.59 Å². The van der Waals surface area contributed by atoms with Crippen molar-refractivity contribution in [1.29, 1.82) is 0 Å². The minimum atomic E-state index is -0.116. The van der Waals surface area contributed by atoms with Crippen molar-refractivity contribution in [3.8, 4) is 0 Å². The lowest BCUT2D eigenvalue weighted by Crippen LogP contribution is -2.51. The highest BCUT2D eigenvalue weighted by atomic mass is 32.2. The van der Waals surface area contributed by atoms with Crippen molar-refractivity contribution in [3.05, 3.63) is 65.1 Å². The molecular formula is C22H23N3O2S. The lowest BCUT2D eigenvalue weighted by Gasteiger charge is -2.35. The van der Waals surface area contributed by atoms with E-state index in [1.165, 1.54) is 11.8 Å². The Bertz CT molecular complexity index is 905. The van der Waals surface area contributed by atoms with E-state index in [1.807, 2.05) is 65.6 Å². The number of rotatable bonds is 3. The third kappa shape index (κ3) is 3.98. The maximum Gasteiger partial charge on any atom is 0.265 e. The summed E-state index contributed by atoms with van der Waals surface area (Å²) in [5, 5.41) is 0. The smallest absolute Gasteiger partial charge is 0.265 e. The molecule has 0 N–H and O–H groups in total. The van der Waals surface area contributed by atoms with Gasteiger partial charge in [-0.3, -0.25) is 14.5 Å². The summed E-state index contributed by atoms with van der Waals surface area (Å²) < 4.78 is 0. The molecule has 144 valence electrons. The summed E-state index contributed by atoms with van der Waals surface area (Å²) in [6.07, 6.45) is 1.90. The number of benzene rings is 2. The molecule has 5 nitrogen and oxygen atoms in total. The van der Waals surface area contributed by atoms with Crippen LogP contribution in [0, 0.1) is 0 Å². The van der Waals surface area contributed by atoms with E-state index in [0.29, 0.717) is 18.0 Å². The summed E-state index contributed by atoms with van der Waals surface area (Å²) in [5.74, 6) is -0.114. The molecule has 0 saturated carbocycles. The lowest BCUT2D eigenvalue weighted by atomic mass is 10.2.